The van der Waals surface area contributed by atoms with Gasteiger partial charge in [-0.3, -0.25) is 4.79 Å². The van der Waals surface area contributed by atoms with Crippen LogP contribution in [-0.4, -0.2) is 47.4 Å². The van der Waals surface area contributed by atoms with Crippen LogP contribution in [-0.2, 0) is 9.53 Å². The van der Waals surface area contributed by atoms with Gasteiger partial charge in [0.25, 0.3) is 0 Å². The van der Waals surface area contributed by atoms with Gasteiger partial charge in [-0.15, -0.1) is 11.8 Å². The molecule has 2 aliphatic heterocycles. The van der Waals surface area contributed by atoms with Crippen LogP contribution < -0.4 is 5.32 Å². The number of amides is 1. The van der Waals surface area contributed by atoms with Crippen molar-refractivity contribution in [2.24, 2.45) is 0 Å². The first-order chi connectivity index (χ1) is 7.76. The van der Waals surface area contributed by atoms with E-state index in [1.807, 2.05) is 0 Å². The lowest BCUT2D eigenvalue weighted by Gasteiger charge is -2.37. The van der Waals surface area contributed by atoms with E-state index in [1.165, 1.54) is 0 Å². The van der Waals surface area contributed by atoms with E-state index in [0.717, 1.165) is 18.6 Å². The maximum absolute atomic E-state index is 12.0. The number of ether oxygens (including phenoxy) is 1. The second-order valence-electron chi connectivity index (χ2n) is 4.54. The van der Waals surface area contributed by atoms with Gasteiger partial charge in [-0.25, -0.2) is 0 Å². The summed E-state index contributed by atoms with van der Waals surface area (Å²) < 4.78 is 5.27. The van der Waals surface area contributed by atoms with Gasteiger partial charge in [-0.2, -0.15) is 0 Å². The van der Waals surface area contributed by atoms with Crippen molar-refractivity contribution < 1.29 is 14.6 Å². The van der Waals surface area contributed by atoms with Crippen molar-refractivity contribution in [2.75, 3.05) is 25.6 Å². The highest BCUT2D eigenvalue weighted by atomic mass is 32.2. The van der Waals surface area contributed by atoms with Crippen LogP contribution in [0.2, 0.25) is 0 Å². The minimum Gasteiger partial charge on any atom is -0.394 e. The molecule has 2 heterocycles. The highest BCUT2D eigenvalue weighted by molar-refractivity contribution is 8.00. The smallest absolute Gasteiger partial charge is 0.233 e. The summed E-state index contributed by atoms with van der Waals surface area (Å²) in [4.78, 5) is 12.0. The summed E-state index contributed by atoms with van der Waals surface area (Å²) in [6, 6.07) is 0. The second kappa shape index (κ2) is 5.38. The van der Waals surface area contributed by atoms with Gasteiger partial charge in [0.05, 0.1) is 17.4 Å². The number of hydrogen-bond donors (Lipinski definition) is 2. The highest BCUT2D eigenvalue weighted by Gasteiger charge is 2.36. The summed E-state index contributed by atoms with van der Waals surface area (Å²) in [6.07, 6.45) is 3.52. The van der Waals surface area contributed by atoms with E-state index in [4.69, 9.17) is 4.74 Å². The highest BCUT2D eigenvalue weighted by Crippen LogP contribution is 2.28. The van der Waals surface area contributed by atoms with Crippen LogP contribution in [0.1, 0.15) is 25.7 Å². The predicted octanol–water partition coefficient (Wildman–Crippen LogP) is 0.540. The Balaban J connectivity index is 1.91. The number of carbonyl (C=O) groups excluding carboxylic acids is 1. The third-order valence-electron chi connectivity index (χ3n) is 3.36. The maximum atomic E-state index is 12.0. The van der Waals surface area contributed by atoms with E-state index in [-0.39, 0.29) is 17.8 Å². The molecule has 0 radical (unpaired) electrons. The zero-order valence-corrected chi connectivity index (χ0v) is 10.2. The van der Waals surface area contributed by atoms with Crippen molar-refractivity contribution in [1.82, 2.24) is 5.32 Å². The molecule has 0 saturated carbocycles. The molecule has 2 N–H and O–H groups in total. The van der Waals surface area contributed by atoms with Crippen LogP contribution in [0.3, 0.4) is 0 Å². The molecule has 0 aliphatic carbocycles. The summed E-state index contributed by atoms with van der Waals surface area (Å²) in [5.41, 5.74) is -0.432. The Morgan fingerprint density at radius 2 is 2.25 bits per heavy atom. The normalized spacial score (nSPS) is 28.9. The van der Waals surface area contributed by atoms with Crippen LogP contribution in [0.5, 0.6) is 0 Å². The largest absolute Gasteiger partial charge is 0.394 e. The average Bonchev–Trinajstić information content (AvgIpc) is 2.84. The molecule has 1 unspecified atom stereocenters. The zero-order chi connectivity index (χ0) is 11.4. The van der Waals surface area contributed by atoms with Crippen LogP contribution in [0.4, 0.5) is 0 Å². The molecule has 1 amide bonds. The molecule has 0 aromatic carbocycles. The molecule has 2 aliphatic rings. The summed E-state index contributed by atoms with van der Waals surface area (Å²) >= 11 is 1.72. The minimum absolute atomic E-state index is 0.0134. The zero-order valence-electron chi connectivity index (χ0n) is 9.41. The molecule has 5 heteroatoms. The Labute approximate surface area is 100 Å². The number of aliphatic hydroxyl groups excluding tert-OH is 1. The SMILES string of the molecule is O=C(NC1(CO)CCOCC1)C1CCCS1. The molecule has 16 heavy (non-hydrogen) atoms. The van der Waals surface area contributed by atoms with Gasteiger partial charge in [0.2, 0.25) is 5.91 Å². The summed E-state index contributed by atoms with van der Waals surface area (Å²) in [6.45, 7) is 1.26. The van der Waals surface area contributed by atoms with Crippen molar-refractivity contribution in [3.8, 4) is 0 Å². The monoisotopic (exact) mass is 245 g/mol. The number of rotatable bonds is 3. The van der Waals surface area contributed by atoms with Gasteiger partial charge in [0.15, 0.2) is 0 Å². The fraction of sp³-hybridized carbons (Fsp3) is 0.909. The first-order valence-electron chi connectivity index (χ1n) is 5.88. The Hall–Kier alpha value is -0.260. The lowest BCUT2D eigenvalue weighted by Crippen LogP contribution is -2.56. The van der Waals surface area contributed by atoms with Crippen molar-refractivity contribution in [3.63, 3.8) is 0 Å². The van der Waals surface area contributed by atoms with Crippen LogP contribution in [0.15, 0.2) is 0 Å². The third kappa shape index (κ3) is 2.70. The molecule has 2 rings (SSSR count). The lowest BCUT2D eigenvalue weighted by atomic mass is 9.90. The van der Waals surface area contributed by atoms with Crippen molar-refractivity contribution in [1.29, 1.82) is 0 Å². The Kier molecular flexibility index (Phi) is 4.10. The first-order valence-corrected chi connectivity index (χ1v) is 6.93. The summed E-state index contributed by atoms with van der Waals surface area (Å²) in [7, 11) is 0. The van der Waals surface area contributed by atoms with Gasteiger partial charge in [0.1, 0.15) is 0 Å². The standard InChI is InChI=1S/C11H19NO3S/c13-8-11(3-5-15-6-4-11)12-10(14)9-2-1-7-16-9/h9,13H,1-8H2,(H,12,14). The topological polar surface area (TPSA) is 58.6 Å². The van der Waals surface area contributed by atoms with E-state index in [2.05, 4.69) is 5.32 Å². The van der Waals surface area contributed by atoms with E-state index in [0.29, 0.717) is 26.1 Å². The molecule has 2 saturated heterocycles. The van der Waals surface area contributed by atoms with Crippen molar-refractivity contribution >= 4 is 17.7 Å². The number of hydrogen-bond acceptors (Lipinski definition) is 4. The molecular weight excluding hydrogens is 226 g/mol. The fourth-order valence-electron chi connectivity index (χ4n) is 2.21. The second-order valence-corrected chi connectivity index (χ2v) is 5.85. The molecule has 0 spiro atoms. The third-order valence-corrected chi connectivity index (χ3v) is 4.74. The Bertz CT molecular complexity index is 248. The van der Waals surface area contributed by atoms with Gasteiger partial charge in [-0.1, -0.05) is 0 Å². The summed E-state index contributed by atoms with van der Waals surface area (Å²) in [5.74, 6) is 1.17. The lowest BCUT2D eigenvalue weighted by molar-refractivity contribution is -0.124. The van der Waals surface area contributed by atoms with Crippen molar-refractivity contribution in [2.45, 2.75) is 36.5 Å². The first kappa shape index (κ1) is 12.2. The van der Waals surface area contributed by atoms with E-state index < -0.39 is 5.54 Å². The molecule has 4 nitrogen and oxygen atoms in total. The van der Waals surface area contributed by atoms with Gasteiger partial charge in [-0.05, 0) is 31.4 Å². The van der Waals surface area contributed by atoms with E-state index in [1.54, 1.807) is 11.8 Å². The molecule has 0 bridgehead atoms. The maximum Gasteiger partial charge on any atom is 0.233 e. The number of nitrogens with one attached hydrogen (secondary N) is 1. The quantitative estimate of drug-likeness (QED) is 0.762. The number of carbonyl (C=O) groups is 1. The number of thioether (sulfide) groups is 1. The van der Waals surface area contributed by atoms with Crippen LogP contribution in [0.25, 0.3) is 0 Å². The van der Waals surface area contributed by atoms with Gasteiger partial charge in [0, 0.05) is 13.2 Å². The predicted molar refractivity (Wildman–Crippen MR) is 63.5 cm³/mol. The molecule has 92 valence electrons. The fourth-order valence-corrected chi connectivity index (χ4v) is 3.37. The van der Waals surface area contributed by atoms with Gasteiger partial charge >= 0.3 is 0 Å². The van der Waals surface area contributed by atoms with E-state index >= 15 is 0 Å². The molecular formula is C11H19NO3S. The molecule has 1 atom stereocenters. The Morgan fingerprint density at radius 3 is 2.81 bits per heavy atom. The van der Waals surface area contributed by atoms with Gasteiger partial charge < -0.3 is 15.2 Å². The van der Waals surface area contributed by atoms with E-state index in [9.17, 15) is 9.90 Å². The average molecular weight is 245 g/mol. The molecule has 2 fully saturated rings. The minimum atomic E-state index is -0.432. The van der Waals surface area contributed by atoms with Crippen LogP contribution >= 0.6 is 11.8 Å². The molecule has 0 aromatic heterocycles. The Morgan fingerprint density at radius 1 is 1.50 bits per heavy atom. The van der Waals surface area contributed by atoms with Crippen molar-refractivity contribution in [3.05, 3.63) is 0 Å². The summed E-state index contributed by atoms with van der Waals surface area (Å²) in [5, 5.41) is 12.6. The van der Waals surface area contributed by atoms with Crippen LogP contribution in [0, 0.1) is 0 Å². The number of aliphatic hydroxyl groups is 1. The molecule has 0 aromatic rings.